The molecule has 0 heterocycles. The molecule has 6 nitrogen and oxygen atoms in total. The van der Waals surface area contributed by atoms with E-state index in [1.54, 1.807) is 24.3 Å². The predicted molar refractivity (Wildman–Crippen MR) is 62.8 cm³/mol. The number of nitrogens with zero attached hydrogens (tertiary/aromatic N) is 1. The molecule has 0 saturated carbocycles. The highest BCUT2D eigenvalue weighted by atomic mass is 16.5. The van der Waals surface area contributed by atoms with E-state index >= 15 is 0 Å². The number of hydrogen-bond donors (Lipinski definition) is 2. The molecular weight excluding hydrogens is 236 g/mol. The maximum absolute atomic E-state index is 11.4. The Labute approximate surface area is 104 Å². The Morgan fingerprint density at radius 2 is 2.06 bits per heavy atom. The fourth-order valence-electron chi connectivity index (χ4n) is 1.10. The first-order valence-corrected chi connectivity index (χ1v) is 5.17. The third-order valence-electron chi connectivity index (χ3n) is 2.11. The Morgan fingerprint density at radius 3 is 2.56 bits per heavy atom. The van der Waals surface area contributed by atoms with E-state index in [1.807, 2.05) is 6.07 Å². The number of hydrogen-bond acceptors (Lipinski definition) is 4. The summed E-state index contributed by atoms with van der Waals surface area (Å²) in [4.78, 5) is 21.9. The largest absolute Gasteiger partial charge is 0.479 e. The van der Waals surface area contributed by atoms with Gasteiger partial charge in [0.25, 0.3) is 0 Å². The van der Waals surface area contributed by atoms with Crippen molar-refractivity contribution in [3.63, 3.8) is 0 Å². The van der Waals surface area contributed by atoms with Crippen molar-refractivity contribution in [2.75, 3.05) is 11.9 Å². The topological polar surface area (TPSA) is 99.4 Å². The van der Waals surface area contributed by atoms with Crippen LogP contribution in [-0.2, 0) is 14.3 Å². The van der Waals surface area contributed by atoms with Crippen molar-refractivity contribution in [2.45, 2.75) is 13.0 Å². The van der Waals surface area contributed by atoms with Crippen molar-refractivity contribution in [3.05, 3.63) is 29.8 Å². The van der Waals surface area contributed by atoms with Gasteiger partial charge in [-0.3, -0.25) is 4.79 Å². The smallest absolute Gasteiger partial charge is 0.332 e. The molecule has 1 aromatic rings. The average molecular weight is 248 g/mol. The van der Waals surface area contributed by atoms with Crippen LogP contribution in [0.2, 0.25) is 0 Å². The molecule has 0 spiro atoms. The summed E-state index contributed by atoms with van der Waals surface area (Å²) < 4.78 is 4.82. The minimum Gasteiger partial charge on any atom is -0.479 e. The zero-order valence-corrected chi connectivity index (χ0v) is 9.71. The lowest BCUT2D eigenvalue weighted by molar-refractivity contribution is -0.150. The van der Waals surface area contributed by atoms with Crippen LogP contribution in [0.1, 0.15) is 12.5 Å². The zero-order chi connectivity index (χ0) is 13.5. The van der Waals surface area contributed by atoms with Crippen LogP contribution in [-0.4, -0.2) is 29.7 Å². The molecule has 94 valence electrons. The predicted octanol–water partition coefficient (Wildman–Crippen LogP) is 0.986. The molecule has 18 heavy (non-hydrogen) atoms. The van der Waals surface area contributed by atoms with Crippen LogP contribution in [0.3, 0.4) is 0 Å². The van der Waals surface area contributed by atoms with E-state index in [0.29, 0.717) is 11.3 Å². The van der Waals surface area contributed by atoms with Crippen LogP contribution >= 0.6 is 0 Å². The number of rotatable bonds is 5. The third-order valence-corrected chi connectivity index (χ3v) is 2.11. The van der Waals surface area contributed by atoms with Crippen molar-refractivity contribution < 1.29 is 19.4 Å². The van der Waals surface area contributed by atoms with Gasteiger partial charge in [0.2, 0.25) is 5.91 Å². The van der Waals surface area contributed by atoms with Crippen molar-refractivity contribution in [3.8, 4) is 6.07 Å². The Bertz CT molecular complexity index is 476. The van der Waals surface area contributed by atoms with Gasteiger partial charge in [-0.25, -0.2) is 4.79 Å². The van der Waals surface area contributed by atoms with E-state index in [9.17, 15) is 9.59 Å². The van der Waals surface area contributed by atoms with Gasteiger partial charge < -0.3 is 15.2 Å². The lowest BCUT2D eigenvalue weighted by Crippen LogP contribution is -2.26. The number of carboxylic acid groups (broad SMARTS) is 1. The summed E-state index contributed by atoms with van der Waals surface area (Å²) in [6, 6.07) is 8.25. The first-order chi connectivity index (χ1) is 8.52. The lowest BCUT2D eigenvalue weighted by Gasteiger charge is -2.08. The van der Waals surface area contributed by atoms with E-state index in [-0.39, 0.29) is 6.61 Å². The standard InChI is InChI=1S/C12H12N2O4/c1-8(12(16)17)18-7-11(15)14-10-4-2-9(6-13)3-5-10/h2-5,8H,7H2,1H3,(H,14,15)(H,16,17)/t8-/m0/s1. The first kappa shape index (κ1) is 13.7. The van der Waals surface area contributed by atoms with Gasteiger partial charge in [0.05, 0.1) is 11.6 Å². The fraction of sp³-hybridized carbons (Fsp3) is 0.250. The van der Waals surface area contributed by atoms with Crippen molar-refractivity contribution in [2.24, 2.45) is 0 Å². The monoisotopic (exact) mass is 248 g/mol. The molecule has 0 radical (unpaired) electrons. The molecule has 0 saturated heterocycles. The van der Waals surface area contributed by atoms with Gasteiger partial charge in [0, 0.05) is 5.69 Å². The summed E-state index contributed by atoms with van der Waals surface area (Å²) >= 11 is 0. The second-order valence-electron chi connectivity index (χ2n) is 3.53. The van der Waals surface area contributed by atoms with Crippen LogP contribution in [0.15, 0.2) is 24.3 Å². The van der Waals surface area contributed by atoms with Crippen LogP contribution in [0.25, 0.3) is 0 Å². The highest BCUT2D eigenvalue weighted by Crippen LogP contribution is 2.08. The number of nitriles is 1. The molecule has 1 atom stereocenters. The van der Waals surface area contributed by atoms with Crippen molar-refractivity contribution in [1.82, 2.24) is 0 Å². The van der Waals surface area contributed by atoms with Crippen LogP contribution < -0.4 is 5.32 Å². The summed E-state index contributed by atoms with van der Waals surface area (Å²) in [6.45, 7) is 1.00. The number of aliphatic carboxylic acids is 1. The number of carboxylic acids is 1. The maximum atomic E-state index is 11.4. The Kier molecular flexibility index (Phi) is 4.84. The van der Waals surface area contributed by atoms with Crippen molar-refractivity contribution >= 4 is 17.6 Å². The van der Waals surface area contributed by atoms with Gasteiger partial charge >= 0.3 is 5.97 Å². The van der Waals surface area contributed by atoms with Gasteiger partial charge in [0.1, 0.15) is 6.61 Å². The molecule has 0 aliphatic rings. The summed E-state index contributed by atoms with van der Waals surface area (Å²) in [5.74, 6) is -1.58. The Morgan fingerprint density at radius 1 is 1.44 bits per heavy atom. The molecule has 0 unspecified atom stereocenters. The SMILES string of the molecule is C[C@H](OCC(=O)Nc1ccc(C#N)cc1)C(=O)O. The average Bonchev–Trinajstić information content (AvgIpc) is 2.36. The number of anilines is 1. The molecule has 0 aromatic heterocycles. The van der Waals surface area contributed by atoms with Gasteiger partial charge in [-0.2, -0.15) is 5.26 Å². The number of benzene rings is 1. The molecule has 0 bridgehead atoms. The van der Waals surface area contributed by atoms with Crippen LogP contribution in [0.4, 0.5) is 5.69 Å². The second kappa shape index (κ2) is 6.37. The number of nitrogens with one attached hydrogen (secondary N) is 1. The van der Waals surface area contributed by atoms with Crippen LogP contribution in [0, 0.1) is 11.3 Å². The third kappa shape index (κ3) is 4.23. The van der Waals surface area contributed by atoms with Gasteiger partial charge in [-0.1, -0.05) is 0 Å². The van der Waals surface area contributed by atoms with Crippen LogP contribution in [0.5, 0.6) is 0 Å². The number of carbonyl (C=O) groups excluding carboxylic acids is 1. The fourth-order valence-corrected chi connectivity index (χ4v) is 1.10. The molecule has 2 N–H and O–H groups in total. The highest BCUT2D eigenvalue weighted by molar-refractivity contribution is 5.91. The second-order valence-corrected chi connectivity index (χ2v) is 3.53. The minimum atomic E-state index is -1.12. The molecular formula is C12H12N2O4. The van der Waals surface area contributed by atoms with E-state index in [2.05, 4.69) is 5.32 Å². The number of carbonyl (C=O) groups is 2. The maximum Gasteiger partial charge on any atom is 0.332 e. The van der Waals surface area contributed by atoms with E-state index in [4.69, 9.17) is 15.1 Å². The lowest BCUT2D eigenvalue weighted by atomic mass is 10.2. The van der Waals surface area contributed by atoms with Gasteiger partial charge in [0.15, 0.2) is 6.10 Å². The van der Waals surface area contributed by atoms with E-state index < -0.39 is 18.0 Å². The first-order valence-electron chi connectivity index (χ1n) is 5.17. The number of amides is 1. The minimum absolute atomic E-state index is 0.340. The molecule has 0 aliphatic heterocycles. The van der Waals surface area contributed by atoms with Crippen molar-refractivity contribution in [1.29, 1.82) is 5.26 Å². The highest BCUT2D eigenvalue weighted by Gasteiger charge is 2.13. The summed E-state index contributed by atoms with van der Waals surface area (Å²) in [5, 5.41) is 19.7. The molecule has 1 aromatic carbocycles. The Balaban J connectivity index is 2.45. The normalized spacial score (nSPS) is 11.3. The molecule has 6 heteroatoms. The summed E-state index contributed by atoms with van der Waals surface area (Å²) in [7, 11) is 0. The van der Waals surface area contributed by atoms with Gasteiger partial charge in [-0.05, 0) is 31.2 Å². The van der Waals surface area contributed by atoms with Gasteiger partial charge in [-0.15, -0.1) is 0 Å². The molecule has 0 aliphatic carbocycles. The quantitative estimate of drug-likeness (QED) is 0.809. The number of ether oxygens (including phenoxy) is 1. The molecule has 1 amide bonds. The molecule has 1 rings (SSSR count). The summed E-state index contributed by atoms with van der Waals surface area (Å²) in [5.41, 5.74) is 1.01. The Hall–Kier alpha value is -2.39. The summed E-state index contributed by atoms with van der Waals surface area (Å²) in [6.07, 6.45) is -1.03. The molecule has 0 fully saturated rings. The zero-order valence-electron chi connectivity index (χ0n) is 9.71. The van der Waals surface area contributed by atoms with E-state index in [1.165, 1.54) is 6.92 Å². The van der Waals surface area contributed by atoms with E-state index in [0.717, 1.165) is 0 Å².